The maximum absolute atomic E-state index is 4.40. The quantitative estimate of drug-likeness (QED) is 0.878. The predicted molar refractivity (Wildman–Crippen MR) is 108 cm³/mol. The first-order chi connectivity index (χ1) is 12.7. The number of piperidine rings is 1. The molecule has 3 unspecified atom stereocenters. The summed E-state index contributed by atoms with van der Waals surface area (Å²) >= 11 is 0. The summed E-state index contributed by atoms with van der Waals surface area (Å²) < 4.78 is 1.82. The molecule has 6 nitrogen and oxygen atoms in total. The van der Waals surface area contributed by atoms with E-state index in [9.17, 15) is 0 Å². The fourth-order valence-corrected chi connectivity index (χ4v) is 4.21. The maximum Gasteiger partial charge on any atom is 0.148 e. The molecule has 1 N–H and O–H groups in total. The minimum atomic E-state index is 0.383. The molecule has 1 saturated heterocycles. The van der Waals surface area contributed by atoms with Crippen LogP contribution in [0, 0.1) is 30.1 Å². The topological polar surface area (TPSA) is 58.9 Å². The molecule has 0 amide bonds. The molecule has 0 radical (unpaired) electrons. The first kappa shape index (κ1) is 18.4. The van der Waals surface area contributed by atoms with Gasteiger partial charge in [-0.05, 0) is 42.2 Å². The SMILES string of the molecule is Cc1nn(C)cc1-c1ccc(NC2C3CN(CC(C)C(C)(C)C)CC32)nn1. The van der Waals surface area contributed by atoms with Gasteiger partial charge in [-0.1, -0.05) is 27.7 Å². The molecule has 4 rings (SSSR count). The zero-order valence-electron chi connectivity index (χ0n) is 17.4. The van der Waals surface area contributed by atoms with Crippen molar-refractivity contribution in [1.29, 1.82) is 0 Å². The van der Waals surface area contributed by atoms with Crippen LogP contribution in [0.25, 0.3) is 11.3 Å². The number of likely N-dealkylation sites (tertiary alicyclic amines) is 1. The van der Waals surface area contributed by atoms with Gasteiger partial charge in [-0.15, -0.1) is 10.2 Å². The van der Waals surface area contributed by atoms with Crippen LogP contribution in [0.4, 0.5) is 5.82 Å². The monoisotopic (exact) mass is 368 g/mol. The Hall–Kier alpha value is -1.95. The van der Waals surface area contributed by atoms with Gasteiger partial charge in [0.25, 0.3) is 0 Å². The molecule has 1 aliphatic carbocycles. The van der Waals surface area contributed by atoms with E-state index in [0.29, 0.717) is 11.5 Å². The molecule has 1 aliphatic heterocycles. The first-order valence-corrected chi connectivity index (χ1v) is 10.1. The zero-order chi connectivity index (χ0) is 19.3. The van der Waals surface area contributed by atoms with E-state index in [4.69, 9.17) is 0 Å². The molecule has 2 fully saturated rings. The van der Waals surface area contributed by atoms with Gasteiger partial charge < -0.3 is 10.2 Å². The third-order valence-electron chi connectivity index (χ3n) is 6.55. The van der Waals surface area contributed by atoms with Crippen LogP contribution in [-0.4, -0.2) is 50.6 Å². The molecular formula is C21H32N6. The number of fused-ring (bicyclic) bond motifs is 1. The molecule has 2 aliphatic rings. The number of nitrogens with zero attached hydrogens (tertiary/aromatic N) is 5. The normalized spacial score (nSPS) is 26.1. The van der Waals surface area contributed by atoms with Crippen molar-refractivity contribution >= 4 is 5.82 Å². The molecule has 2 aromatic heterocycles. The van der Waals surface area contributed by atoms with Crippen molar-refractivity contribution in [1.82, 2.24) is 24.9 Å². The van der Waals surface area contributed by atoms with E-state index in [-0.39, 0.29) is 0 Å². The standard InChI is InChI=1S/C21H32N6/c1-13(21(3,4)5)9-27-11-16-17(12-27)20(16)22-19-8-7-18(23-24-19)15-10-26(6)25-14(15)2/h7-8,10,13,16-17,20H,9,11-12H2,1-6H3,(H,22,24). The minimum absolute atomic E-state index is 0.383. The predicted octanol–water partition coefficient (Wildman–Crippen LogP) is 3.21. The van der Waals surface area contributed by atoms with Crippen LogP contribution in [0.15, 0.2) is 18.3 Å². The van der Waals surface area contributed by atoms with Crippen molar-refractivity contribution in [3.05, 3.63) is 24.0 Å². The Balaban J connectivity index is 1.31. The van der Waals surface area contributed by atoms with Gasteiger partial charge in [-0.3, -0.25) is 4.68 Å². The number of aromatic nitrogens is 4. The number of nitrogens with one attached hydrogen (secondary N) is 1. The van der Waals surface area contributed by atoms with Crippen molar-refractivity contribution in [2.75, 3.05) is 25.0 Å². The van der Waals surface area contributed by atoms with Gasteiger partial charge in [-0.25, -0.2) is 0 Å². The number of aryl methyl sites for hydroxylation is 2. The fourth-order valence-electron chi connectivity index (χ4n) is 4.21. The van der Waals surface area contributed by atoms with Crippen molar-refractivity contribution in [2.24, 2.45) is 30.2 Å². The summed E-state index contributed by atoms with van der Waals surface area (Å²) in [7, 11) is 1.93. The number of rotatable bonds is 5. The molecule has 27 heavy (non-hydrogen) atoms. The second-order valence-electron chi connectivity index (χ2n) is 9.59. The molecule has 146 valence electrons. The molecule has 6 heteroatoms. The Bertz CT molecular complexity index is 791. The van der Waals surface area contributed by atoms with Gasteiger partial charge in [0.2, 0.25) is 0 Å². The van der Waals surface area contributed by atoms with E-state index in [0.717, 1.165) is 40.5 Å². The Morgan fingerprint density at radius 1 is 1.19 bits per heavy atom. The summed E-state index contributed by atoms with van der Waals surface area (Å²) in [5, 5.41) is 16.8. The van der Waals surface area contributed by atoms with Gasteiger partial charge in [-0.2, -0.15) is 5.10 Å². The van der Waals surface area contributed by atoms with E-state index in [2.05, 4.69) is 53.2 Å². The second-order valence-corrected chi connectivity index (χ2v) is 9.59. The molecule has 2 aromatic rings. The van der Waals surface area contributed by atoms with Crippen molar-refractivity contribution < 1.29 is 0 Å². The highest BCUT2D eigenvalue weighted by molar-refractivity contribution is 5.61. The Labute approximate surface area is 162 Å². The van der Waals surface area contributed by atoms with Crippen LogP contribution in [-0.2, 0) is 7.05 Å². The summed E-state index contributed by atoms with van der Waals surface area (Å²) in [6.45, 7) is 15.0. The minimum Gasteiger partial charge on any atom is -0.365 e. The summed E-state index contributed by atoms with van der Waals surface area (Å²) in [6, 6.07) is 4.64. The summed E-state index contributed by atoms with van der Waals surface area (Å²) in [5.41, 5.74) is 3.29. The highest BCUT2D eigenvalue weighted by Gasteiger charge is 2.56. The van der Waals surface area contributed by atoms with Gasteiger partial charge in [0.15, 0.2) is 0 Å². The zero-order valence-corrected chi connectivity index (χ0v) is 17.4. The largest absolute Gasteiger partial charge is 0.365 e. The Morgan fingerprint density at radius 3 is 2.41 bits per heavy atom. The van der Waals surface area contributed by atoms with Crippen molar-refractivity contribution in [2.45, 2.75) is 40.7 Å². The second kappa shape index (κ2) is 6.59. The van der Waals surface area contributed by atoms with Crippen molar-refractivity contribution in [3.8, 4) is 11.3 Å². The lowest BCUT2D eigenvalue weighted by Crippen LogP contribution is -2.35. The van der Waals surface area contributed by atoms with E-state index in [1.54, 1.807) is 0 Å². The summed E-state index contributed by atoms with van der Waals surface area (Å²) in [6.07, 6.45) is 1.99. The maximum atomic E-state index is 4.40. The lowest BCUT2D eigenvalue weighted by molar-refractivity contribution is 0.171. The average Bonchev–Trinajstić information content (AvgIpc) is 2.93. The van der Waals surface area contributed by atoms with Crippen molar-refractivity contribution in [3.63, 3.8) is 0 Å². The Kier molecular flexibility index (Phi) is 4.49. The Morgan fingerprint density at radius 2 is 1.89 bits per heavy atom. The molecule has 3 atom stereocenters. The average molecular weight is 369 g/mol. The molecule has 1 saturated carbocycles. The van der Waals surface area contributed by atoms with E-state index in [1.807, 2.05) is 37.0 Å². The molecule has 0 spiro atoms. The van der Waals surface area contributed by atoms with Crippen LogP contribution in [0.3, 0.4) is 0 Å². The number of hydrogen-bond donors (Lipinski definition) is 1. The fraction of sp³-hybridized carbons (Fsp3) is 0.667. The third-order valence-corrected chi connectivity index (χ3v) is 6.55. The van der Waals surface area contributed by atoms with Crippen LogP contribution >= 0.6 is 0 Å². The lowest BCUT2D eigenvalue weighted by Gasteiger charge is -2.32. The molecule has 3 heterocycles. The van der Waals surface area contributed by atoms with Gasteiger partial charge in [0, 0.05) is 44.5 Å². The first-order valence-electron chi connectivity index (χ1n) is 10.1. The number of hydrogen-bond acceptors (Lipinski definition) is 5. The van der Waals surface area contributed by atoms with Gasteiger partial charge in [0.05, 0.1) is 11.4 Å². The van der Waals surface area contributed by atoms with E-state index >= 15 is 0 Å². The van der Waals surface area contributed by atoms with Crippen LogP contribution < -0.4 is 5.32 Å². The van der Waals surface area contributed by atoms with Crippen LogP contribution in [0.1, 0.15) is 33.4 Å². The van der Waals surface area contributed by atoms with E-state index < -0.39 is 0 Å². The van der Waals surface area contributed by atoms with Crippen LogP contribution in [0.2, 0.25) is 0 Å². The van der Waals surface area contributed by atoms with Gasteiger partial charge >= 0.3 is 0 Å². The molecular weight excluding hydrogens is 336 g/mol. The smallest absolute Gasteiger partial charge is 0.148 e. The third kappa shape index (κ3) is 3.72. The van der Waals surface area contributed by atoms with Crippen LogP contribution in [0.5, 0.6) is 0 Å². The highest BCUT2D eigenvalue weighted by atomic mass is 15.3. The summed E-state index contributed by atoms with van der Waals surface area (Å²) in [4.78, 5) is 2.64. The highest BCUT2D eigenvalue weighted by Crippen LogP contribution is 2.47. The lowest BCUT2D eigenvalue weighted by atomic mass is 9.82. The summed E-state index contributed by atoms with van der Waals surface area (Å²) in [5.74, 6) is 3.13. The van der Waals surface area contributed by atoms with Gasteiger partial charge in [0.1, 0.15) is 5.82 Å². The molecule has 0 aromatic carbocycles. The van der Waals surface area contributed by atoms with E-state index in [1.165, 1.54) is 19.6 Å². The molecule has 0 bridgehead atoms. The number of anilines is 1.